The Bertz CT molecular complexity index is 1640. The number of nitrogen functional groups attached to an aromatic ring is 1. The molecule has 3 atom stereocenters. The van der Waals surface area contributed by atoms with Gasteiger partial charge >= 0.3 is 6.03 Å². The number of hydrogen-bond donors (Lipinski definition) is 2. The van der Waals surface area contributed by atoms with E-state index >= 15 is 0 Å². The first-order chi connectivity index (χ1) is 18.8. The van der Waals surface area contributed by atoms with Crippen LogP contribution in [-0.2, 0) is 14.7 Å². The molecule has 0 aliphatic carbocycles. The SMILES string of the molecule is CONC(=O)N1C2CC[C@H]1C[C@@H](c1nc3c(-c4ccc(-c5ccccc5)nc4)cnn3c(N)c1S(C)(=O)=O)C2. The van der Waals surface area contributed by atoms with E-state index in [0.29, 0.717) is 29.7 Å². The molecule has 2 aliphatic heterocycles. The number of amides is 2. The van der Waals surface area contributed by atoms with Crippen LogP contribution in [0, 0.1) is 0 Å². The molecule has 0 spiro atoms. The van der Waals surface area contributed by atoms with Crippen LogP contribution in [0.25, 0.3) is 28.0 Å². The molecule has 2 aliphatic rings. The lowest BCUT2D eigenvalue weighted by Crippen LogP contribution is -2.50. The number of nitrogens with one attached hydrogen (secondary N) is 1. The molecule has 39 heavy (non-hydrogen) atoms. The molecule has 6 rings (SSSR count). The van der Waals surface area contributed by atoms with Gasteiger partial charge in [0.2, 0.25) is 0 Å². The van der Waals surface area contributed by atoms with Crippen LogP contribution >= 0.6 is 0 Å². The summed E-state index contributed by atoms with van der Waals surface area (Å²) in [6.07, 6.45) is 7.36. The van der Waals surface area contributed by atoms with Gasteiger partial charge in [0.15, 0.2) is 15.5 Å². The lowest BCUT2D eigenvalue weighted by atomic mass is 9.88. The molecule has 2 fully saturated rings. The summed E-state index contributed by atoms with van der Waals surface area (Å²) in [5.74, 6) is -0.156. The van der Waals surface area contributed by atoms with Gasteiger partial charge in [-0.2, -0.15) is 9.61 Å². The quantitative estimate of drug-likeness (QED) is 0.362. The normalized spacial score (nSPS) is 20.9. The van der Waals surface area contributed by atoms with Gasteiger partial charge in [0, 0.05) is 47.1 Å². The average Bonchev–Trinajstić information content (AvgIpc) is 3.47. The smallest absolute Gasteiger partial charge is 0.341 e. The molecule has 1 aromatic carbocycles. The zero-order valence-corrected chi connectivity index (χ0v) is 22.4. The van der Waals surface area contributed by atoms with E-state index < -0.39 is 9.84 Å². The fraction of sp³-hybridized carbons (Fsp3) is 0.333. The molecular weight excluding hydrogens is 518 g/mol. The first-order valence-corrected chi connectivity index (χ1v) is 14.7. The van der Waals surface area contributed by atoms with Crippen molar-refractivity contribution in [1.82, 2.24) is 30.0 Å². The van der Waals surface area contributed by atoms with Crippen LogP contribution in [0.3, 0.4) is 0 Å². The number of nitrogens with zero attached hydrogens (tertiary/aromatic N) is 5. The fourth-order valence-corrected chi connectivity index (χ4v) is 7.14. The first kappa shape index (κ1) is 25.3. The van der Waals surface area contributed by atoms with E-state index in [0.717, 1.165) is 35.9 Å². The number of sulfone groups is 1. The Kier molecular flexibility index (Phi) is 6.23. The van der Waals surface area contributed by atoms with Crippen molar-refractivity contribution in [3.8, 4) is 22.4 Å². The number of nitrogens with two attached hydrogens (primary N) is 1. The van der Waals surface area contributed by atoms with Crippen molar-refractivity contribution in [2.24, 2.45) is 0 Å². The molecule has 2 amide bonds. The summed E-state index contributed by atoms with van der Waals surface area (Å²) < 4.78 is 27.4. The zero-order chi connectivity index (χ0) is 27.3. The molecule has 4 aromatic rings. The molecule has 2 saturated heterocycles. The van der Waals surface area contributed by atoms with E-state index in [1.165, 1.54) is 11.6 Å². The molecule has 11 nitrogen and oxygen atoms in total. The van der Waals surface area contributed by atoms with E-state index in [-0.39, 0.29) is 34.7 Å². The van der Waals surface area contributed by atoms with Gasteiger partial charge in [-0.25, -0.2) is 23.7 Å². The van der Waals surface area contributed by atoms with E-state index in [1.807, 2.05) is 47.4 Å². The number of piperidine rings is 1. The number of hydrogen-bond acceptors (Lipinski definition) is 8. The molecule has 3 aromatic heterocycles. The molecule has 2 bridgehead atoms. The monoisotopic (exact) mass is 547 g/mol. The number of rotatable bonds is 5. The average molecular weight is 548 g/mol. The van der Waals surface area contributed by atoms with Crippen LogP contribution in [0.1, 0.15) is 37.3 Å². The second-order valence-electron chi connectivity index (χ2n) is 10.1. The van der Waals surface area contributed by atoms with Gasteiger partial charge < -0.3 is 10.6 Å². The van der Waals surface area contributed by atoms with Crippen molar-refractivity contribution in [1.29, 1.82) is 0 Å². The molecule has 202 valence electrons. The molecule has 1 unspecified atom stereocenters. The Labute approximate surface area is 225 Å². The Morgan fingerprint density at radius 2 is 1.77 bits per heavy atom. The Balaban J connectivity index is 1.42. The van der Waals surface area contributed by atoms with E-state index in [2.05, 4.69) is 15.6 Å². The van der Waals surface area contributed by atoms with Crippen LogP contribution in [0.4, 0.5) is 10.6 Å². The summed E-state index contributed by atoms with van der Waals surface area (Å²) in [7, 11) is -2.32. The molecule has 0 saturated carbocycles. The number of benzene rings is 1. The molecule has 0 radical (unpaired) electrons. The predicted molar refractivity (Wildman–Crippen MR) is 145 cm³/mol. The minimum atomic E-state index is -3.72. The number of hydroxylamine groups is 1. The van der Waals surface area contributed by atoms with Crippen LogP contribution in [0.5, 0.6) is 0 Å². The molecule has 3 N–H and O–H groups in total. The summed E-state index contributed by atoms with van der Waals surface area (Å²) in [6.45, 7) is 0. The van der Waals surface area contributed by atoms with Gasteiger partial charge in [0.1, 0.15) is 10.7 Å². The summed E-state index contributed by atoms with van der Waals surface area (Å²) in [4.78, 5) is 28.8. The number of carbonyl (C=O) groups excluding carboxylic acids is 1. The number of carbonyl (C=O) groups is 1. The maximum absolute atomic E-state index is 13.0. The number of aromatic nitrogens is 4. The molecule has 5 heterocycles. The van der Waals surface area contributed by atoms with Gasteiger partial charge in [0.25, 0.3) is 0 Å². The van der Waals surface area contributed by atoms with Crippen molar-refractivity contribution >= 4 is 27.3 Å². The Morgan fingerprint density at radius 1 is 1.05 bits per heavy atom. The fourth-order valence-electron chi connectivity index (χ4n) is 6.08. The minimum Gasteiger partial charge on any atom is -0.382 e. The number of fused-ring (bicyclic) bond motifs is 3. The molecule has 12 heteroatoms. The Morgan fingerprint density at radius 3 is 2.38 bits per heavy atom. The van der Waals surface area contributed by atoms with E-state index in [1.54, 1.807) is 12.4 Å². The van der Waals surface area contributed by atoms with Crippen LogP contribution in [-0.4, -0.2) is 64.4 Å². The second-order valence-corrected chi connectivity index (χ2v) is 12.1. The number of anilines is 1. The van der Waals surface area contributed by atoms with Crippen molar-refractivity contribution in [3.63, 3.8) is 0 Å². The summed E-state index contributed by atoms with van der Waals surface area (Å²) in [5.41, 5.74) is 13.1. The number of urea groups is 1. The van der Waals surface area contributed by atoms with Crippen molar-refractivity contribution in [2.75, 3.05) is 19.1 Å². The summed E-state index contributed by atoms with van der Waals surface area (Å²) in [6, 6.07) is 13.4. The number of pyridine rings is 1. The van der Waals surface area contributed by atoms with Gasteiger partial charge in [-0.05, 0) is 31.7 Å². The maximum Gasteiger partial charge on any atom is 0.341 e. The predicted octanol–water partition coefficient (Wildman–Crippen LogP) is 3.43. The lowest BCUT2D eigenvalue weighted by Gasteiger charge is -2.38. The van der Waals surface area contributed by atoms with Gasteiger partial charge in [-0.3, -0.25) is 9.82 Å². The standard InChI is InChI=1S/C27H29N7O4S/c1-38-32-27(35)33-19-9-10-20(33)13-18(12-19)23-24(39(2,36)37)25(28)34-26(31-23)21(15-30-34)17-8-11-22(29-14-17)16-6-4-3-5-7-16/h3-8,11,14-15,18-20H,9-10,12-13,28H2,1-2H3,(H,32,35)/t18-,19+,20?/m1/s1. The third-order valence-electron chi connectivity index (χ3n) is 7.72. The van der Waals surface area contributed by atoms with Gasteiger partial charge in [-0.1, -0.05) is 36.4 Å². The van der Waals surface area contributed by atoms with Crippen molar-refractivity contribution in [3.05, 3.63) is 60.6 Å². The van der Waals surface area contributed by atoms with Crippen molar-refractivity contribution in [2.45, 2.75) is 48.6 Å². The summed E-state index contributed by atoms with van der Waals surface area (Å²) in [5, 5.41) is 4.40. The highest BCUT2D eigenvalue weighted by Crippen LogP contribution is 2.45. The lowest BCUT2D eigenvalue weighted by molar-refractivity contribution is 0.0650. The highest BCUT2D eigenvalue weighted by molar-refractivity contribution is 7.91. The van der Waals surface area contributed by atoms with E-state index in [9.17, 15) is 13.2 Å². The van der Waals surface area contributed by atoms with Gasteiger partial charge in [0.05, 0.1) is 24.7 Å². The zero-order valence-electron chi connectivity index (χ0n) is 21.6. The van der Waals surface area contributed by atoms with E-state index in [4.69, 9.17) is 15.6 Å². The summed E-state index contributed by atoms with van der Waals surface area (Å²) >= 11 is 0. The largest absolute Gasteiger partial charge is 0.382 e. The third-order valence-corrected chi connectivity index (χ3v) is 8.88. The van der Waals surface area contributed by atoms with Crippen LogP contribution < -0.4 is 11.2 Å². The molecular formula is C27H29N7O4S. The third kappa shape index (κ3) is 4.39. The topological polar surface area (TPSA) is 145 Å². The maximum atomic E-state index is 13.0. The van der Waals surface area contributed by atoms with Gasteiger partial charge in [-0.15, -0.1) is 0 Å². The second kappa shape index (κ2) is 9.62. The van der Waals surface area contributed by atoms with Crippen molar-refractivity contribution < 1.29 is 18.0 Å². The van der Waals surface area contributed by atoms with Crippen LogP contribution in [0.2, 0.25) is 0 Å². The minimum absolute atomic E-state index is 0.00129. The van der Waals surface area contributed by atoms with Crippen LogP contribution in [0.15, 0.2) is 59.8 Å². The highest BCUT2D eigenvalue weighted by atomic mass is 32.2. The highest BCUT2D eigenvalue weighted by Gasteiger charge is 2.45. The Hall–Kier alpha value is -4.03. The first-order valence-electron chi connectivity index (χ1n) is 12.8.